The minimum absolute atomic E-state index is 0.196. The van der Waals surface area contributed by atoms with Crippen LogP contribution in [0, 0.1) is 11.8 Å². The van der Waals surface area contributed by atoms with Crippen molar-refractivity contribution in [2.75, 3.05) is 18.5 Å². The molecule has 0 radical (unpaired) electrons. The highest BCUT2D eigenvalue weighted by Gasteiger charge is 2.70. The predicted molar refractivity (Wildman–Crippen MR) is 112 cm³/mol. The van der Waals surface area contributed by atoms with Crippen LogP contribution in [0.4, 0.5) is 10.5 Å². The van der Waals surface area contributed by atoms with E-state index in [2.05, 4.69) is 5.32 Å². The normalized spacial score (nSPS) is 26.9. The average Bonchev–Trinajstić information content (AvgIpc) is 3.46. The van der Waals surface area contributed by atoms with E-state index in [9.17, 15) is 19.2 Å². The summed E-state index contributed by atoms with van der Waals surface area (Å²) in [4.78, 5) is 49.4. The van der Waals surface area contributed by atoms with Gasteiger partial charge in [-0.1, -0.05) is 36.4 Å². The van der Waals surface area contributed by atoms with E-state index in [-0.39, 0.29) is 13.2 Å². The molecule has 1 N–H and O–H groups in total. The topological polar surface area (TPSA) is 117 Å². The molecule has 2 aromatic carbocycles. The molecule has 4 atom stereocenters. The van der Waals surface area contributed by atoms with Gasteiger partial charge in [-0.05, 0) is 30.3 Å². The van der Waals surface area contributed by atoms with E-state index in [1.165, 1.54) is 0 Å². The molecule has 3 aliphatic heterocycles. The SMILES string of the molecule is O=C(Nc1ccccc1)OCC12OC(C=C1COC(=O)c1ccccc1)C1C(=O)OC(=O)C12. The lowest BCUT2D eigenvalue weighted by atomic mass is 9.73. The van der Waals surface area contributed by atoms with Gasteiger partial charge in [-0.2, -0.15) is 0 Å². The quantitative estimate of drug-likeness (QED) is 0.309. The van der Waals surface area contributed by atoms with Gasteiger partial charge in [0, 0.05) is 11.3 Å². The molecule has 3 heterocycles. The second kappa shape index (κ2) is 8.18. The summed E-state index contributed by atoms with van der Waals surface area (Å²) < 4.78 is 21.6. The average molecular weight is 449 g/mol. The van der Waals surface area contributed by atoms with E-state index in [1.807, 2.05) is 0 Å². The lowest BCUT2D eigenvalue weighted by Crippen LogP contribution is -2.47. The Morgan fingerprint density at radius 1 is 0.939 bits per heavy atom. The number of nitrogens with one attached hydrogen (secondary N) is 1. The van der Waals surface area contributed by atoms with Gasteiger partial charge in [0.15, 0.2) is 0 Å². The molecule has 1 amide bonds. The van der Waals surface area contributed by atoms with Crippen LogP contribution in [0.25, 0.3) is 0 Å². The summed E-state index contributed by atoms with van der Waals surface area (Å²) in [6.07, 6.45) is 0.141. The number of anilines is 1. The summed E-state index contributed by atoms with van der Waals surface area (Å²) in [5.41, 5.74) is -0.124. The fraction of sp³-hybridized carbons (Fsp3) is 0.250. The Labute approximate surface area is 188 Å². The maximum absolute atomic E-state index is 12.5. The number of hydrogen-bond donors (Lipinski definition) is 1. The van der Waals surface area contributed by atoms with Crippen LogP contribution in [-0.2, 0) is 28.5 Å². The van der Waals surface area contributed by atoms with Gasteiger partial charge in [-0.3, -0.25) is 14.9 Å². The Morgan fingerprint density at radius 3 is 2.36 bits per heavy atom. The summed E-state index contributed by atoms with van der Waals surface area (Å²) in [5.74, 6) is -3.80. The van der Waals surface area contributed by atoms with Crippen LogP contribution in [0.2, 0.25) is 0 Å². The zero-order chi connectivity index (χ0) is 23.0. The molecule has 168 valence electrons. The summed E-state index contributed by atoms with van der Waals surface area (Å²) in [6, 6.07) is 17.1. The number of carbonyl (C=O) groups excluding carboxylic acids is 4. The Hall–Kier alpha value is -3.98. The molecule has 2 aromatic rings. The van der Waals surface area contributed by atoms with Crippen LogP contribution in [0.3, 0.4) is 0 Å². The number of fused-ring (bicyclic) bond motifs is 5. The maximum atomic E-state index is 12.5. The lowest BCUT2D eigenvalue weighted by Gasteiger charge is -2.31. The first kappa shape index (κ1) is 20.9. The Balaban J connectivity index is 1.34. The third-order valence-electron chi connectivity index (χ3n) is 6.00. The van der Waals surface area contributed by atoms with Gasteiger partial charge in [0.1, 0.15) is 30.7 Å². The molecule has 3 aliphatic rings. The first-order chi connectivity index (χ1) is 16.0. The molecule has 2 fully saturated rings. The van der Waals surface area contributed by atoms with Crippen molar-refractivity contribution in [1.82, 2.24) is 0 Å². The van der Waals surface area contributed by atoms with Gasteiger partial charge in [-0.15, -0.1) is 0 Å². The Kier molecular flexibility index (Phi) is 5.18. The first-order valence-electron chi connectivity index (χ1n) is 10.3. The number of cyclic esters (lactones) is 2. The number of amides is 1. The highest BCUT2D eigenvalue weighted by molar-refractivity contribution is 5.99. The number of rotatable bonds is 6. The number of benzene rings is 2. The van der Waals surface area contributed by atoms with Crippen molar-refractivity contribution in [2.45, 2.75) is 11.7 Å². The van der Waals surface area contributed by atoms with Gasteiger partial charge >= 0.3 is 24.0 Å². The molecule has 5 rings (SSSR count). The van der Waals surface area contributed by atoms with Crippen LogP contribution in [-0.4, -0.2) is 48.9 Å². The molecule has 0 aromatic heterocycles. The third-order valence-corrected chi connectivity index (χ3v) is 6.00. The fourth-order valence-electron chi connectivity index (χ4n) is 4.50. The largest absolute Gasteiger partial charge is 0.457 e. The van der Waals surface area contributed by atoms with E-state index < -0.39 is 47.5 Å². The second-order valence-corrected chi connectivity index (χ2v) is 7.92. The molecule has 33 heavy (non-hydrogen) atoms. The van der Waals surface area contributed by atoms with Gasteiger partial charge in [0.25, 0.3) is 0 Å². The van der Waals surface area contributed by atoms with Gasteiger partial charge in [0.2, 0.25) is 0 Å². The smallest absolute Gasteiger partial charge is 0.411 e. The minimum Gasteiger partial charge on any atom is -0.457 e. The fourth-order valence-corrected chi connectivity index (χ4v) is 4.50. The van der Waals surface area contributed by atoms with Crippen LogP contribution in [0.15, 0.2) is 72.3 Å². The van der Waals surface area contributed by atoms with E-state index in [0.717, 1.165) is 0 Å². The van der Waals surface area contributed by atoms with E-state index in [1.54, 1.807) is 66.7 Å². The molecular formula is C24H19NO8. The molecular weight excluding hydrogens is 430 g/mol. The van der Waals surface area contributed by atoms with Crippen molar-refractivity contribution in [3.8, 4) is 0 Å². The summed E-state index contributed by atoms with van der Waals surface area (Å²) in [6.45, 7) is -0.557. The standard InChI is InChI=1S/C24H19NO8/c26-20(14-7-3-1-4-8-14)30-12-15-11-17-18-19(22(28)32-21(18)27)24(15,33-17)13-31-23(29)25-16-9-5-2-6-10-16/h1-11,17-19H,12-13H2,(H,25,29). The number of para-hydroxylation sites is 1. The minimum atomic E-state index is -1.45. The van der Waals surface area contributed by atoms with Crippen molar-refractivity contribution < 1.29 is 38.1 Å². The molecule has 0 saturated carbocycles. The number of hydrogen-bond acceptors (Lipinski definition) is 8. The molecule has 4 unspecified atom stereocenters. The molecule has 9 heteroatoms. The third kappa shape index (κ3) is 3.66. The van der Waals surface area contributed by atoms with Crippen LogP contribution in [0.1, 0.15) is 10.4 Å². The Morgan fingerprint density at radius 2 is 1.64 bits per heavy atom. The van der Waals surface area contributed by atoms with Crippen molar-refractivity contribution in [2.24, 2.45) is 11.8 Å². The zero-order valence-corrected chi connectivity index (χ0v) is 17.3. The monoisotopic (exact) mass is 449 g/mol. The van der Waals surface area contributed by atoms with Crippen molar-refractivity contribution in [1.29, 1.82) is 0 Å². The number of ether oxygens (including phenoxy) is 4. The molecule has 0 aliphatic carbocycles. The van der Waals surface area contributed by atoms with Crippen LogP contribution < -0.4 is 5.32 Å². The number of esters is 3. The van der Waals surface area contributed by atoms with Gasteiger partial charge in [-0.25, -0.2) is 9.59 Å². The van der Waals surface area contributed by atoms with Gasteiger partial charge in [0.05, 0.1) is 11.7 Å². The summed E-state index contributed by atoms with van der Waals surface area (Å²) in [5, 5.41) is 2.58. The molecule has 0 spiro atoms. The zero-order valence-electron chi connectivity index (χ0n) is 17.3. The summed E-state index contributed by atoms with van der Waals surface area (Å²) >= 11 is 0. The summed E-state index contributed by atoms with van der Waals surface area (Å²) in [7, 11) is 0. The first-order valence-corrected chi connectivity index (χ1v) is 10.3. The van der Waals surface area contributed by atoms with Crippen LogP contribution in [0.5, 0.6) is 0 Å². The van der Waals surface area contributed by atoms with Crippen molar-refractivity contribution >= 4 is 29.7 Å². The number of carbonyl (C=O) groups is 4. The van der Waals surface area contributed by atoms with E-state index in [0.29, 0.717) is 16.8 Å². The Bertz CT molecular complexity index is 1150. The highest BCUT2D eigenvalue weighted by atomic mass is 16.6. The molecule has 9 nitrogen and oxygen atoms in total. The predicted octanol–water partition coefficient (Wildman–Crippen LogP) is 2.49. The van der Waals surface area contributed by atoms with Crippen molar-refractivity contribution in [3.05, 3.63) is 77.9 Å². The van der Waals surface area contributed by atoms with Crippen molar-refractivity contribution in [3.63, 3.8) is 0 Å². The molecule has 2 saturated heterocycles. The maximum Gasteiger partial charge on any atom is 0.411 e. The highest BCUT2D eigenvalue weighted by Crippen LogP contribution is 2.54. The van der Waals surface area contributed by atoms with E-state index in [4.69, 9.17) is 18.9 Å². The van der Waals surface area contributed by atoms with E-state index >= 15 is 0 Å². The lowest BCUT2D eigenvalue weighted by molar-refractivity contribution is -0.159. The molecule has 2 bridgehead atoms. The second-order valence-electron chi connectivity index (χ2n) is 7.92. The van der Waals surface area contributed by atoms with Gasteiger partial charge < -0.3 is 18.9 Å². The van der Waals surface area contributed by atoms with Crippen LogP contribution >= 0.6 is 0 Å².